The van der Waals surface area contributed by atoms with Gasteiger partial charge in [-0.1, -0.05) is 12.1 Å². The number of morpholine rings is 1. The summed E-state index contributed by atoms with van der Waals surface area (Å²) in [5.41, 5.74) is 2.44. The van der Waals surface area contributed by atoms with Crippen LogP contribution in [0.2, 0.25) is 0 Å². The van der Waals surface area contributed by atoms with E-state index in [1.165, 1.54) is 0 Å². The Morgan fingerprint density at radius 3 is 2.26 bits per heavy atom. The SMILES string of the molecule is CCN(CC(O)CN1C(=O)c2ccccc2C1=O)c1ccc(N2CCOCC2=O)cc1. The van der Waals surface area contributed by atoms with Crippen LogP contribution in [-0.4, -0.2) is 73.2 Å². The Bertz CT molecular complexity index is 956. The predicted molar refractivity (Wildman–Crippen MR) is 115 cm³/mol. The fourth-order valence-electron chi connectivity index (χ4n) is 3.98. The topological polar surface area (TPSA) is 90.4 Å². The van der Waals surface area contributed by atoms with E-state index >= 15 is 0 Å². The van der Waals surface area contributed by atoms with Gasteiger partial charge in [0, 0.05) is 31.0 Å². The van der Waals surface area contributed by atoms with Gasteiger partial charge in [0.2, 0.25) is 0 Å². The number of fused-ring (bicyclic) bond motifs is 1. The van der Waals surface area contributed by atoms with Gasteiger partial charge in [-0.3, -0.25) is 19.3 Å². The van der Waals surface area contributed by atoms with Crippen molar-refractivity contribution in [2.45, 2.75) is 13.0 Å². The summed E-state index contributed by atoms with van der Waals surface area (Å²) in [5, 5.41) is 10.6. The third-order valence-electron chi connectivity index (χ3n) is 5.60. The molecule has 3 amide bonds. The number of amides is 3. The highest BCUT2D eigenvalue weighted by Gasteiger charge is 2.36. The number of β-amino-alcohol motifs (C(OH)–C–C–N with tert-alkyl or cyclic N) is 1. The second-order valence-electron chi connectivity index (χ2n) is 7.57. The second kappa shape index (κ2) is 8.87. The Hall–Kier alpha value is -3.23. The van der Waals surface area contributed by atoms with E-state index in [-0.39, 0.29) is 37.4 Å². The van der Waals surface area contributed by atoms with Crippen LogP contribution in [0.1, 0.15) is 27.6 Å². The molecule has 2 aromatic carbocycles. The largest absolute Gasteiger partial charge is 0.389 e. The zero-order valence-electron chi connectivity index (χ0n) is 17.4. The minimum absolute atomic E-state index is 0.0663. The highest BCUT2D eigenvalue weighted by atomic mass is 16.5. The van der Waals surface area contributed by atoms with Gasteiger partial charge in [-0.2, -0.15) is 0 Å². The maximum atomic E-state index is 12.5. The first-order chi connectivity index (χ1) is 15.0. The molecule has 1 saturated heterocycles. The van der Waals surface area contributed by atoms with Crippen molar-refractivity contribution in [1.82, 2.24) is 4.90 Å². The van der Waals surface area contributed by atoms with E-state index in [1.807, 2.05) is 36.1 Å². The van der Waals surface area contributed by atoms with E-state index in [4.69, 9.17) is 4.74 Å². The number of hydrogen-bond acceptors (Lipinski definition) is 6. The molecule has 4 rings (SSSR count). The number of carbonyl (C=O) groups excluding carboxylic acids is 3. The molecule has 0 spiro atoms. The number of aliphatic hydroxyl groups is 1. The zero-order valence-corrected chi connectivity index (χ0v) is 17.4. The Morgan fingerprint density at radius 1 is 1.03 bits per heavy atom. The Labute approximate surface area is 180 Å². The number of ether oxygens (including phenoxy) is 1. The third kappa shape index (κ3) is 4.17. The summed E-state index contributed by atoms with van der Waals surface area (Å²) in [6.07, 6.45) is -0.900. The van der Waals surface area contributed by atoms with E-state index < -0.39 is 6.10 Å². The molecule has 8 nitrogen and oxygen atoms in total. The van der Waals surface area contributed by atoms with Gasteiger partial charge in [0.25, 0.3) is 17.7 Å². The molecule has 0 radical (unpaired) electrons. The summed E-state index contributed by atoms with van der Waals surface area (Å²) < 4.78 is 5.17. The van der Waals surface area contributed by atoms with Crippen LogP contribution < -0.4 is 9.80 Å². The van der Waals surface area contributed by atoms with Crippen LogP contribution in [0.15, 0.2) is 48.5 Å². The minimum atomic E-state index is -0.900. The number of rotatable bonds is 7. The Balaban J connectivity index is 1.40. The highest BCUT2D eigenvalue weighted by molar-refractivity contribution is 6.21. The number of hydrogen-bond donors (Lipinski definition) is 1. The lowest BCUT2D eigenvalue weighted by Gasteiger charge is -2.29. The maximum Gasteiger partial charge on any atom is 0.261 e. The molecule has 1 unspecified atom stereocenters. The molecule has 0 aliphatic carbocycles. The molecule has 2 heterocycles. The standard InChI is InChI=1S/C23H25N3O5/c1-2-24(16-7-9-17(10-8-16)25-11-12-31-15-21(25)28)13-18(27)14-26-22(29)19-5-3-4-6-20(19)23(26)30/h3-10,18,27H,2,11-15H2,1H3. The van der Waals surface area contributed by atoms with Crippen LogP contribution in [0.25, 0.3) is 0 Å². The minimum Gasteiger partial charge on any atom is -0.389 e. The van der Waals surface area contributed by atoms with Gasteiger partial charge in [0.15, 0.2) is 0 Å². The summed E-state index contributed by atoms with van der Waals surface area (Å²) in [5.74, 6) is -0.813. The molecule has 2 aromatic rings. The van der Waals surface area contributed by atoms with Crippen LogP contribution in [-0.2, 0) is 9.53 Å². The van der Waals surface area contributed by atoms with E-state index in [1.54, 1.807) is 29.2 Å². The lowest BCUT2D eigenvalue weighted by molar-refractivity contribution is -0.125. The van der Waals surface area contributed by atoms with E-state index in [9.17, 15) is 19.5 Å². The summed E-state index contributed by atoms with van der Waals surface area (Å²) in [6, 6.07) is 14.2. The molecular weight excluding hydrogens is 398 g/mol. The molecule has 0 bridgehead atoms. The van der Waals surface area contributed by atoms with Crippen molar-refractivity contribution >= 4 is 29.1 Å². The summed E-state index contributed by atoms with van der Waals surface area (Å²) in [6.45, 7) is 3.92. The Kier molecular flexibility index (Phi) is 6.01. The quantitative estimate of drug-likeness (QED) is 0.680. The molecule has 31 heavy (non-hydrogen) atoms. The smallest absolute Gasteiger partial charge is 0.261 e. The van der Waals surface area contributed by atoms with Gasteiger partial charge in [0.1, 0.15) is 6.61 Å². The van der Waals surface area contributed by atoms with Gasteiger partial charge in [-0.25, -0.2) is 0 Å². The average Bonchev–Trinajstić information content (AvgIpc) is 3.03. The summed E-state index contributed by atoms with van der Waals surface area (Å²) >= 11 is 0. The summed E-state index contributed by atoms with van der Waals surface area (Å²) in [7, 11) is 0. The number of benzene rings is 2. The molecule has 2 aliphatic heterocycles. The number of carbonyl (C=O) groups is 3. The zero-order chi connectivity index (χ0) is 22.0. The normalized spacial score (nSPS) is 17.2. The maximum absolute atomic E-state index is 12.5. The van der Waals surface area contributed by atoms with Crippen molar-refractivity contribution in [3.05, 3.63) is 59.7 Å². The van der Waals surface area contributed by atoms with E-state index in [0.29, 0.717) is 30.8 Å². The van der Waals surface area contributed by atoms with Crippen LogP contribution in [0.4, 0.5) is 11.4 Å². The fourth-order valence-corrected chi connectivity index (χ4v) is 3.98. The van der Waals surface area contributed by atoms with Crippen LogP contribution >= 0.6 is 0 Å². The molecule has 1 N–H and O–H groups in total. The van der Waals surface area contributed by atoms with Crippen molar-refractivity contribution in [1.29, 1.82) is 0 Å². The number of likely N-dealkylation sites (N-methyl/N-ethyl adjacent to an activating group) is 1. The average molecular weight is 423 g/mol. The molecule has 8 heteroatoms. The molecule has 1 fully saturated rings. The van der Waals surface area contributed by atoms with Gasteiger partial charge >= 0.3 is 0 Å². The van der Waals surface area contributed by atoms with Gasteiger partial charge in [0.05, 0.1) is 30.4 Å². The molecular formula is C23H25N3O5. The first kappa shape index (κ1) is 21.0. The number of nitrogens with zero attached hydrogens (tertiary/aromatic N) is 3. The number of imide groups is 1. The number of anilines is 2. The molecule has 0 aromatic heterocycles. The first-order valence-corrected chi connectivity index (χ1v) is 10.4. The van der Waals surface area contributed by atoms with Gasteiger partial charge in [-0.05, 0) is 43.3 Å². The van der Waals surface area contributed by atoms with Crippen LogP contribution in [0.5, 0.6) is 0 Å². The molecule has 1 atom stereocenters. The van der Waals surface area contributed by atoms with Crippen molar-refractivity contribution in [2.24, 2.45) is 0 Å². The lowest BCUT2D eigenvalue weighted by Crippen LogP contribution is -2.43. The van der Waals surface area contributed by atoms with Crippen molar-refractivity contribution in [3.8, 4) is 0 Å². The Morgan fingerprint density at radius 2 is 1.68 bits per heavy atom. The van der Waals surface area contributed by atoms with Crippen molar-refractivity contribution in [3.63, 3.8) is 0 Å². The van der Waals surface area contributed by atoms with Crippen LogP contribution in [0, 0.1) is 0 Å². The van der Waals surface area contributed by atoms with E-state index in [0.717, 1.165) is 16.3 Å². The van der Waals surface area contributed by atoms with Crippen LogP contribution in [0.3, 0.4) is 0 Å². The van der Waals surface area contributed by atoms with E-state index in [2.05, 4.69) is 0 Å². The molecule has 2 aliphatic rings. The highest BCUT2D eigenvalue weighted by Crippen LogP contribution is 2.24. The fraction of sp³-hybridized carbons (Fsp3) is 0.348. The van der Waals surface area contributed by atoms with Crippen molar-refractivity contribution < 1.29 is 24.2 Å². The van der Waals surface area contributed by atoms with Gasteiger partial charge in [-0.15, -0.1) is 0 Å². The van der Waals surface area contributed by atoms with Crippen molar-refractivity contribution in [2.75, 3.05) is 49.2 Å². The molecule has 162 valence electrons. The predicted octanol–water partition coefficient (Wildman–Crippen LogP) is 1.53. The lowest BCUT2D eigenvalue weighted by atomic mass is 10.1. The third-order valence-corrected chi connectivity index (χ3v) is 5.60. The second-order valence-corrected chi connectivity index (χ2v) is 7.57. The monoisotopic (exact) mass is 423 g/mol. The summed E-state index contributed by atoms with van der Waals surface area (Å²) in [4.78, 5) is 41.8. The number of aliphatic hydroxyl groups excluding tert-OH is 1. The van der Waals surface area contributed by atoms with Gasteiger partial charge < -0.3 is 19.6 Å². The first-order valence-electron chi connectivity index (χ1n) is 10.4. The molecule has 0 saturated carbocycles.